The Bertz CT molecular complexity index is 816. The molecular weight excluding hydrogens is 368 g/mol. The van der Waals surface area contributed by atoms with Gasteiger partial charge in [0.15, 0.2) is 5.79 Å². The Hall–Kier alpha value is -2.22. The van der Waals surface area contributed by atoms with E-state index in [1.165, 1.54) is 6.33 Å². The van der Waals surface area contributed by atoms with E-state index in [4.69, 9.17) is 21.1 Å². The van der Waals surface area contributed by atoms with Crippen LogP contribution in [0, 0.1) is 0 Å². The standard InChI is InChI=1S/C19H21ClN4O3/c20-15-4-2-1-3-14(15)12-21-17-11-16(22-13-23-17)18(25)24-7-5-19(6-8-24)26-9-10-27-19/h1-4,11,13H,5-10,12H2,(H,21,22,23). The fraction of sp³-hybridized carbons (Fsp3) is 0.421. The van der Waals surface area contributed by atoms with Crippen LogP contribution in [0.2, 0.25) is 5.02 Å². The molecule has 8 heteroatoms. The molecule has 2 aromatic rings. The summed E-state index contributed by atoms with van der Waals surface area (Å²) in [7, 11) is 0. The van der Waals surface area contributed by atoms with Gasteiger partial charge in [0.1, 0.15) is 17.8 Å². The first-order valence-electron chi connectivity index (χ1n) is 9.02. The Morgan fingerprint density at radius 1 is 1.19 bits per heavy atom. The molecule has 1 spiro atoms. The van der Waals surface area contributed by atoms with Gasteiger partial charge in [-0.15, -0.1) is 0 Å². The molecule has 2 aliphatic heterocycles. The summed E-state index contributed by atoms with van der Waals surface area (Å²) < 4.78 is 11.4. The fourth-order valence-electron chi connectivity index (χ4n) is 3.40. The number of nitrogens with zero attached hydrogens (tertiary/aromatic N) is 3. The number of ether oxygens (including phenoxy) is 2. The van der Waals surface area contributed by atoms with Crippen molar-refractivity contribution in [1.29, 1.82) is 0 Å². The van der Waals surface area contributed by atoms with Crippen LogP contribution in [0.25, 0.3) is 0 Å². The van der Waals surface area contributed by atoms with E-state index in [2.05, 4.69) is 15.3 Å². The summed E-state index contributed by atoms with van der Waals surface area (Å²) in [6, 6.07) is 9.27. The average molecular weight is 389 g/mol. The minimum absolute atomic E-state index is 0.106. The summed E-state index contributed by atoms with van der Waals surface area (Å²) in [5, 5.41) is 3.88. The highest BCUT2D eigenvalue weighted by molar-refractivity contribution is 6.31. The van der Waals surface area contributed by atoms with Gasteiger partial charge in [0, 0.05) is 43.6 Å². The highest BCUT2D eigenvalue weighted by Gasteiger charge is 2.41. The zero-order chi connectivity index (χ0) is 18.7. The van der Waals surface area contributed by atoms with Gasteiger partial charge in [-0.25, -0.2) is 9.97 Å². The van der Waals surface area contributed by atoms with E-state index in [1.807, 2.05) is 24.3 Å². The van der Waals surface area contributed by atoms with Crippen molar-refractivity contribution in [2.45, 2.75) is 25.2 Å². The maximum absolute atomic E-state index is 12.8. The van der Waals surface area contributed by atoms with Crippen LogP contribution in [-0.2, 0) is 16.0 Å². The van der Waals surface area contributed by atoms with Crippen molar-refractivity contribution < 1.29 is 14.3 Å². The van der Waals surface area contributed by atoms with Gasteiger partial charge in [-0.2, -0.15) is 0 Å². The number of anilines is 1. The van der Waals surface area contributed by atoms with Gasteiger partial charge in [0.25, 0.3) is 5.91 Å². The second-order valence-electron chi connectivity index (χ2n) is 6.63. The van der Waals surface area contributed by atoms with Crippen LogP contribution in [0.15, 0.2) is 36.7 Å². The monoisotopic (exact) mass is 388 g/mol. The third-order valence-electron chi connectivity index (χ3n) is 4.93. The van der Waals surface area contributed by atoms with Gasteiger partial charge < -0.3 is 19.7 Å². The molecule has 2 aliphatic rings. The number of rotatable bonds is 4. The van der Waals surface area contributed by atoms with E-state index in [1.54, 1.807) is 11.0 Å². The molecule has 1 N–H and O–H groups in total. The number of nitrogens with one attached hydrogen (secondary N) is 1. The zero-order valence-corrected chi connectivity index (χ0v) is 15.6. The van der Waals surface area contributed by atoms with Crippen LogP contribution in [-0.4, -0.2) is 52.9 Å². The van der Waals surface area contributed by atoms with Crippen molar-refractivity contribution in [3.63, 3.8) is 0 Å². The summed E-state index contributed by atoms with van der Waals surface area (Å²) in [6.45, 7) is 2.95. The van der Waals surface area contributed by atoms with Gasteiger partial charge in [0.2, 0.25) is 0 Å². The molecule has 0 radical (unpaired) electrons. The molecule has 7 nitrogen and oxygen atoms in total. The molecule has 4 rings (SSSR count). The number of likely N-dealkylation sites (tertiary alicyclic amines) is 1. The number of hydrogen-bond acceptors (Lipinski definition) is 6. The van der Waals surface area contributed by atoms with E-state index in [-0.39, 0.29) is 5.91 Å². The van der Waals surface area contributed by atoms with E-state index < -0.39 is 5.79 Å². The number of carbonyl (C=O) groups is 1. The number of piperidine rings is 1. The number of benzene rings is 1. The van der Waals surface area contributed by atoms with Crippen LogP contribution in [0.4, 0.5) is 5.82 Å². The van der Waals surface area contributed by atoms with Crippen LogP contribution in [0.3, 0.4) is 0 Å². The largest absolute Gasteiger partial charge is 0.366 e. The molecule has 3 heterocycles. The third-order valence-corrected chi connectivity index (χ3v) is 5.30. The molecule has 1 aromatic carbocycles. The highest BCUT2D eigenvalue weighted by atomic mass is 35.5. The maximum atomic E-state index is 12.8. The minimum Gasteiger partial charge on any atom is -0.366 e. The second-order valence-corrected chi connectivity index (χ2v) is 7.04. The zero-order valence-electron chi connectivity index (χ0n) is 14.9. The number of hydrogen-bond donors (Lipinski definition) is 1. The molecule has 2 fully saturated rings. The van der Waals surface area contributed by atoms with Crippen molar-refractivity contribution in [2.24, 2.45) is 0 Å². The Labute approximate surface area is 162 Å². The van der Waals surface area contributed by atoms with Gasteiger partial charge in [0.05, 0.1) is 13.2 Å². The lowest BCUT2D eigenvalue weighted by Crippen LogP contribution is -2.47. The highest BCUT2D eigenvalue weighted by Crippen LogP contribution is 2.31. The molecule has 0 saturated carbocycles. The van der Waals surface area contributed by atoms with E-state index in [9.17, 15) is 4.79 Å². The summed E-state index contributed by atoms with van der Waals surface area (Å²) in [6.07, 6.45) is 2.76. The smallest absolute Gasteiger partial charge is 0.272 e. The second kappa shape index (κ2) is 7.80. The van der Waals surface area contributed by atoms with Crippen LogP contribution >= 0.6 is 11.6 Å². The van der Waals surface area contributed by atoms with Gasteiger partial charge in [-0.1, -0.05) is 29.8 Å². The lowest BCUT2D eigenvalue weighted by atomic mass is 10.0. The van der Waals surface area contributed by atoms with Gasteiger partial charge in [-0.05, 0) is 11.6 Å². The van der Waals surface area contributed by atoms with Crippen LogP contribution in [0.1, 0.15) is 28.9 Å². The van der Waals surface area contributed by atoms with Crippen molar-refractivity contribution in [2.75, 3.05) is 31.6 Å². The summed E-state index contributed by atoms with van der Waals surface area (Å²) in [5.74, 6) is -0.0142. The quantitative estimate of drug-likeness (QED) is 0.867. The summed E-state index contributed by atoms with van der Waals surface area (Å²) in [5.41, 5.74) is 1.33. The van der Waals surface area contributed by atoms with Crippen LogP contribution < -0.4 is 5.32 Å². The molecule has 0 unspecified atom stereocenters. The van der Waals surface area contributed by atoms with Crippen molar-refractivity contribution in [3.8, 4) is 0 Å². The fourth-order valence-corrected chi connectivity index (χ4v) is 3.60. The van der Waals surface area contributed by atoms with Gasteiger partial charge in [-0.3, -0.25) is 4.79 Å². The molecule has 1 amide bonds. The first-order chi connectivity index (χ1) is 13.2. The third kappa shape index (κ3) is 4.05. The summed E-state index contributed by atoms with van der Waals surface area (Å²) >= 11 is 6.17. The number of halogens is 1. The molecule has 142 valence electrons. The van der Waals surface area contributed by atoms with Gasteiger partial charge >= 0.3 is 0 Å². The number of amides is 1. The lowest BCUT2D eigenvalue weighted by Gasteiger charge is -2.37. The Kier molecular flexibility index (Phi) is 5.24. The van der Waals surface area contributed by atoms with E-state index in [0.29, 0.717) is 62.2 Å². The Morgan fingerprint density at radius 3 is 2.67 bits per heavy atom. The average Bonchev–Trinajstić information content (AvgIpc) is 3.16. The molecule has 0 aliphatic carbocycles. The Balaban J connectivity index is 1.38. The lowest BCUT2D eigenvalue weighted by molar-refractivity contribution is -0.181. The Morgan fingerprint density at radius 2 is 1.93 bits per heavy atom. The van der Waals surface area contributed by atoms with Crippen LogP contribution in [0.5, 0.6) is 0 Å². The molecule has 0 atom stereocenters. The SMILES string of the molecule is O=C(c1cc(NCc2ccccc2Cl)ncn1)N1CCC2(CC1)OCCO2. The first kappa shape index (κ1) is 18.2. The minimum atomic E-state index is -0.496. The topological polar surface area (TPSA) is 76.6 Å². The maximum Gasteiger partial charge on any atom is 0.272 e. The number of carbonyl (C=O) groups excluding carboxylic acids is 1. The number of aromatic nitrogens is 2. The predicted octanol–water partition coefficient (Wildman–Crippen LogP) is 2.72. The summed E-state index contributed by atoms with van der Waals surface area (Å²) in [4.78, 5) is 22.9. The van der Waals surface area contributed by atoms with Crippen molar-refractivity contribution in [3.05, 3.63) is 52.9 Å². The molecule has 27 heavy (non-hydrogen) atoms. The van der Waals surface area contributed by atoms with Crippen molar-refractivity contribution in [1.82, 2.24) is 14.9 Å². The van der Waals surface area contributed by atoms with Crippen molar-refractivity contribution >= 4 is 23.3 Å². The van der Waals surface area contributed by atoms with E-state index >= 15 is 0 Å². The normalized spacial score (nSPS) is 18.6. The molecule has 1 aromatic heterocycles. The molecular formula is C19H21ClN4O3. The predicted molar refractivity (Wildman–Crippen MR) is 101 cm³/mol. The molecule has 0 bridgehead atoms. The first-order valence-corrected chi connectivity index (χ1v) is 9.40. The van der Waals surface area contributed by atoms with E-state index in [0.717, 1.165) is 5.56 Å². The molecule has 2 saturated heterocycles.